The normalized spacial score (nSPS) is 11.0. The van der Waals surface area contributed by atoms with Gasteiger partial charge in [-0.25, -0.2) is 8.42 Å². The van der Waals surface area contributed by atoms with Crippen LogP contribution in [0, 0.1) is 6.92 Å². The molecule has 0 aliphatic heterocycles. The van der Waals surface area contributed by atoms with Gasteiger partial charge in [-0.05, 0) is 80.1 Å². The van der Waals surface area contributed by atoms with Crippen LogP contribution in [0.25, 0.3) is 0 Å². The van der Waals surface area contributed by atoms with Gasteiger partial charge in [0.2, 0.25) is 0 Å². The maximum Gasteiger partial charge on any atom is 0.262 e. The number of hydrogen-bond donors (Lipinski definition) is 2. The molecule has 0 saturated carbocycles. The molecule has 3 rings (SSSR count). The molecule has 0 saturated heterocycles. The quantitative estimate of drug-likeness (QED) is 0.478. The maximum atomic E-state index is 12.9. The van der Waals surface area contributed by atoms with E-state index in [4.69, 9.17) is 0 Å². The molecule has 30 heavy (non-hydrogen) atoms. The van der Waals surface area contributed by atoms with Crippen molar-refractivity contribution in [2.75, 3.05) is 10.0 Å². The van der Waals surface area contributed by atoms with Gasteiger partial charge < -0.3 is 5.32 Å². The van der Waals surface area contributed by atoms with E-state index < -0.39 is 15.9 Å². The lowest BCUT2D eigenvalue weighted by Gasteiger charge is -2.12. The Bertz CT molecular complexity index is 1200. The van der Waals surface area contributed by atoms with Crippen LogP contribution in [0.1, 0.15) is 33.2 Å². The molecular formula is C22H19BrN2O4S. The van der Waals surface area contributed by atoms with Crippen molar-refractivity contribution in [3.63, 3.8) is 0 Å². The van der Waals surface area contributed by atoms with Crippen molar-refractivity contribution in [2.45, 2.75) is 18.7 Å². The zero-order chi connectivity index (χ0) is 21.9. The summed E-state index contributed by atoms with van der Waals surface area (Å²) in [6, 6.07) is 17.7. The minimum Gasteiger partial charge on any atom is -0.322 e. The molecule has 154 valence electrons. The minimum absolute atomic E-state index is 0.00148. The Morgan fingerprint density at radius 3 is 2.00 bits per heavy atom. The molecule has 0 aromatic heterocycles. The van der Waals surface area contributed by atoms with Gasteiger partial charge in [0.25, 0.3) is 15.9 Å². The molecule has 0 radical (unpaired) electrons. The average molecular weight is 487 g/mol. The summed E-state index contributed by atoms with van der Waals surface area (Å²) >= 11 is 3.33. The van der Waals surface area contributed by atoms with Crippen LogP contribution in [0.15, 0.2) is 76.1 Å². The number of carbonyl (C=O) groups excluding carboxylic acids is 2. The topological polar surface area (TPSA) is 92.3 Å². The Balaban J connectivity index is 1.84. The molecule has 8 heteroatoms. The summed E-state index contributed by atoms with van der Waals surface area (Å²) in [7, 11) is -3.93. The predicted octanol–water partition coefficient (Wildman–Crippen LogP) is 5.01. The Kier molecular flexibility index (Phi) is 6.38. The highest BCUT2D eigenvalue weighted by atomic mass is 79.9. The number of carbonyl (C=O) groups is 2. The SMILES string of the molecule is CC(=O)c1ccc(NS(=O)(=O)c2cc(C(=O)Nc3ccc(Br)cc3)ccc2C)cc1. The fourth-order valence-corrected chi connectivity index (χ4v) is 4.35. The summed E-state index contributed by atoms with van der Waals surface area (Å²) in [5.41, 5.74) is 2.13. The van der Waals surface area contributed by atoms with Crippen LogP contribution in [0.4, 0.5) is 11.4 Å². The van der Waals surface area contributed by atoms with E-state index >= 15 is 0 Å². The molecule has 3 aromatic rings. The van der Waals surface area contributed by atoms with Gasteiger partial charge in [0.1, 0.15) is 0 Å². The number of benzene rings is 3. The molecule has 2 N–H and O–H groups in total. The van der Waals surface area contributed by atoms with Crippen molar-refractivity contribution in [2.24, 2.45) is 0 Å². The molecular weight excluding hydrogens is 468 g/mol. The van der Waals surface area contributed by atoms with Crippen LogP contribution >= 0.6 is 15.9 Å². The Hall–Kier alpha value is -2.97. The number of Topliss-reactive ketones (excluding diaryl/α,β-unsaturated/α-hetero) is 1. The second kappa shape index (κ2) is 8.81. The third-order valence-corrected chi connectivity index (χ3v) is 6.44. The Morgan fingerprint density at radius 2 is 1.40 bits per heavy atom. The number of aryl methyl sites for hydroxylation is 1. The molecule has 3 aromatic carbocycles. The van der Waals surface area contributed by atoms with E-state index in [1.807, 2.05) is 0 Å². The van der Waals surface area contributed by atoms with E-state index in [9.17, 15) is 18.0 Å². The first kappa shape index (κ1) is 21.7. The van der Waals surface area contributed by atoms with E-state index in [1.165, 1.54) is 25.1 Å². The van der Waals surface area contributed by atoms with Gasteiger partial charge >= 0.3 is 0 Å². The molecule has 0 heterocycles. The summed E-state index contributed by atoms with van der Waals surface area (Å²) in [4.78, 5) is 24.0. The van der Waals surface area contributed by atoms with E-state index in [2.05, 4.69) is 26.0 Å². The van der Waals surface area contributed by atoms with Crippen molar-refractivity contribution in [1.82, 2.24) is 0 Å². The lowest BCUT2D eigenvalue weighted by atomic mass is 10.1. The first-order valence-electron chi connectivity index (χ1n) is 8.97. The molecule has 6 nitrogen and oxygen atoms in total. The van der Waals surface area contributed by atoms with Gasteiger partial charge in [-0.2, -0.15) is 0 Å². The van der Waals surface area contributed by atoms with Gasteiger partial charge in [-0.15, -0.1) is 0 Å². The number of ketones is 1. The number of nitrogens with one attached hydrogen (secondary N) is 2. The van der Waals surface area contributed by atoms with Crippen LogP contribution in [0.5, 0.6) is 0 Å². The van der Waals surface area contributed by atoms with Gasteiger partial charge in [0, 0.05) is 27.0 Å². The highest BCUT2D eigenvalue weighted by Gasteiger charge is 2.19. The predicted molar refractivity (Wildman–Crippen MR) is 121 cm³/mol. The van der Waals surface area contributed by atoms with E-state index in [-0.39, 0.29) is 16.2 Å². The van der Waals surface area contributed by atoms with Crippen molar-refractivity contribution < 1.29 is 18.0 Å². The zero-order valence-electron chi connectivity index (χ0n) is 16.3. The van der Waals surface area contributed by atoms with E-state index in [0.29, 0.717) is 22.5 Å². The number of anilines is 2. The molecule has 0 bridgehead atoms. The van der Waals surface area contributed by atoms with Crippen molar-refractivity contribution in [1.29, 1.82) is 0 Å². The van der Waals surface area contributed by atoms with Gasteiger partial charge in [0.15, 0.2) is 5.78 Å². The summed E-state index contributed by atoms with van der Waals surface area (Å²) in [5.74, 6) is -0.524. The van der Waals surface area contributed by atoms with Crippen molar-refractivity contribution in [3.05, 3.63) is 87.9 Å². The van der Waals surface area contributed by atoms with Gasteiger partial charge in [-0.3, -0.25) is 14.3 Å². The van der Waals surface area contributed by atoms with Crippen molar-refractivity contribution >= 4 is 49.0 Å². The first-order chi connectivity index (χ1) is 14.2. The van der Waals surface area contributed by atoms with Gasteiger partial charge in [-0.1, -0.05) is 22.0 Å². The standard InChI is InChI=1S/C22H19BrN2O4S/c1-14-3-4-17(22(27)24-19-11-7-18(23)8-12-19)13-21(14)30(28,29)25-20-9-5-16(6-10-20)15(2)26/h3-13,25H,1-2H3,(H,24,27). The second-order valence-corrected chi connectivity index (χ2v) is 9.25. The molecule has 1 amide bonds. The molecule has 0 spiro atoms. The molecule has 0 aliphatic rings. The van der Waals surface area contributed by atoms with Crippen LogP contribution in [0.2, 0.25) is 0 Å². The van der Waals surface area contributed by atoms with Gasteiger partial charge in [0.05, 0.1) is 4.90 Å². The number of halogens is 1. The van der Waals surface area contributed by atoms with Crippen molar-refractivity contribution in [3.8, 4) is 0 Å². The lowest BCUT2D eigenvalue weighted by Crippen LogP contribution is -2.17. The summed E-state index contributed by atoms with van der Waals surface area (Å²) in [5, 5.41) is 2.74. The Labute approximate surface area is 183 Å². The third-order valence-electron chi connectivity index (χ3n) is 4.39. The fraction of sp³-hybridized carbons (Fsp3) is 0.0909. The summed E-state index contributed by atoms with van der Waals surface area (Å²) in [6.07, 6.45) is 0. The number of sulfonamides is 1. The lowest BCUT2D eigenvalue weighted by molar-refractivity contribution is 0.101. The molecule has 0 aliphatic carbocycles. The first-order valence-corrected chi connectivity index (χ1v) is 11.2. The largest absolute Gasteiger partial charge is 0.322 e. The summed E-state index contributed by atoms with van der Waals surface area (Å²) < 4.78 is 29.2. The number of amides is 1. The highest BCUT2D eigenvalue weighted by Crippen LogP contribution is 2.22. The second-order valence-electron chi connectivity index (χ2n) is 6.68. The van der Waals surface area contributed by atoms with E-state index in [1.54, 1.807) is 55.5 Å². The Morgan fingerprint density at radius 1 is 0.833 bits per heavy atom. The summed E-state index contributed by atoms with van der Waals surface area (Å²) in [6.45, 7) is 3.09. The fourth-order valence-electron chi connectivity index (χ4n) is 2.75. The molecule has 0 atom stereocenters. The monoisotopic (exact) mass is 486 g/mol. The molecule has 0 fully saturated rings. The van der Waals surface area contributed by atoms with Crippen LogP contribution in [0.3, 0.4) is 0 Å². The number of hydrogen-bond acceptors (Lipinski definition) is 4. The van der Waals surface area contributed by atoms with Crippen LogP contribution < -0.4 is 10.0 Å². The smallest absolute Gasteiger partial charge is 0.262 e. The van der Waals surface area contributed by atoms with Crippen LogP contribution in [-0.2, 0) is 10.0 Å². The maximum absolute atomic E-state index is 12.9. The average Bonchev–Trinajstić information content (AvgIpc) is 2.70. The minimum atomic E-state index is -3.93. The molecule has 0 unspecified atom stereocenters. The highest BCUT2D eigenvalue weighted by molar-refractivity contribution is 9.10. The van der Waals surface area contributed by atoms with Crippen LogP contribution in [-0.4, -0.2) is 20.1 Å². The number of rotatable bonds is 6. The third kappa shape index (κ3) is 5.14. The zero-order valence-corrected chi connectivity index (χ0v) is 18.7. The van der Waals surface area contributed by atoms with E-state index in [0.717, 1.165) is 4.47 Å².